The number of aromatic nitrogens is 2. The summed E-state index contributed by atoms with van der Waals surface area (Å²) in [6.07, 6.45) is 3.80. The molecule has 6 heteroatoms. The van der Waals surface area contributed by atoms with Gasteiger partial charge in [0.25, 0.3) is 0 Å². The standard InChI is InChI=1S/C17H25N5O/c1-5-18-17(19-9-14-10-21-22(3)12-14)20-11-15-7-6-13(2)8-16(15)23-4/h6-8,10,12H,5,9,11H2,1-4H3,(H2,18,19,20). The first kappa shape index (κ1) is 16.9. The molecule has 0 saturated carbocycles. The summed E-state index contributed by atoms with van der Waals surface area (Å²) >= 11 is 0. The van der Waals surface area contributed by atoms with E-state index in [0.717, 1.165) is 29.4 Å². The number of hydrogen-bond acceptors (Lipinski definition) is 3. The summed E-state index contributed by atoms with van der Waals surface area (Å²) in [6.45, 7) is 6.16. The lowest BCUT2D eigenvalue weighted by Crippen LogP contribution is -2.36. The van der Waals surface area contributed by atoms with Crippen LogP contribution in [0.4, 0.5) is 0 Å². The van der Waals surface area contributed by atoms with E-state index >= 15 is 0 Å². The monoisotopic (exact) mass is 315 g/mol. The second kappa shape index (κ2) is 8.22. The van der Waals surface area contributed by atoms with E-state index < -0.39 is 0 Å². The van der Waals surface area contributed by atoms with Gasteiger partial charge in [-0.25, -0.2) is 4.99 Å². The van der Waals surface area contributed by atoms with Crippen LogP contribution >= 0.6 is 0 Å². The van der Waals surface area contributed by atoms with Gasteiger partial charge in [0.05, 0.1) is 19.9 Å². The van der Waals surface area contributed by atoms with Gasteiger partial charge in [0.15, 0.2) is 5.96 Å². The Labute approximate surface area is 137 Å². The molecular formula is C17H25N5O. The van der Waals surface area contributed by atoms with Gasteiger partial charge < -0.3 is 15.4 Å². The van der Waals surface area contributed by atoms with Gasteiger partial charge in [-0.1, -0.05) is 12.1 Å². The van der Waals surface area contributed by atoms with Crippen LogP contribution in [0.5, 0.6) is 5.75 Å². The van der Waals surface area contributed by atoms with Crippen LogP contribution in [0.25, 0.3) is 0 Å². The minimum Gasteiger partial charge on any atom is -0.496 e. The molecule has 124 valence electrons. The van der Waals surface area contributed by atoms with Gasteiger partial charge in [0.2, 0.25) is 0 Å². The molecule has 0 atom stereocenters. The number of methoxy groups -OCH3 is 1. The fourth-order valence-corrected chi connectivity index (χ4v) is 2.24. The summed E-state index contributed by atoms with van der Waals surface area (Å²) in [4.78, 5) is 4.59. The highest BCUT2D eigenvalue weighted by molar-refractivity contribution is 5.79. The van der Waals surface area contributed by atoms with Gasteiger partial charge in [-0.2, -0.15) is 5.10 Å². The first-order valence-corrected chi connectivity index (χ1v) is 7.75. The fraction of sp³-hybridized carbons (Fsp3) is 0.412. The molecule has 1 aromatic heterocycles. The summed E-state index contributed by atoms with van der Waals surface area (Å²) in [5.41, 5.74) is 3.37. The Morgan fingerprint density at radius 2 is 2.17 bits per heavy atom. The van der Waals surface area contributed by atoms with E-state index in [2.05, 4.69) is 39.8 Å². The van der Waals surface area contributed by atoms with Crippen LogP contribution in [0.15, 0.2) is 35.6 Å². The number of nitrogens with one attached hydrogen (secondary N) is 2. The van der Waals surface area contributed by atoms with Crippen molar-refractivity contribution in [2.45, 2.75) is 26.9 Å². The molecule has 1 aromatic carbocycles. The lowest BCUT2D eigenvalue weighted by atomic mass is 10.1. The fourth-order valence-electron chi connectivity index (χ4n) is 2.24. The summed E-state index contributed by atoms with van der Waals surface area (Å²) < 4.78 is 7.22. The van der Waals surface area contributed by atoms with E-state index in [-0.39, 0.29) is 0 Å². The first-order chi connectivity index (χ1) is 11.1. The van der Waals surface area contributed by atoms with Crippen LogP contribution in [0.3, 0.4) is 0 Å². The number of guanidine groups is 1. The second-order valence-electron chi connectivity index (χ2n) is 5.39. The van der Waals surface area contributed by atoms with E-state index in [4.69, 9.17) is 4.74 Å². The van der Waals surface area contributed by atoms with Crippen molar-refractivity contribution in [1.29, 1.82) is 0 Å². The highest BCUT2D eigenvalue weighted by Crippen LogP contribution is 2.19. The molecule has 6 nitrogen and oxygen atoms in total. The molecule has 0 amide bonds. The average Bonchev–Trinajstić information content (AvgIpc) is 2.96. The van der Waals surface area contributed by atoms with Crippen LogP contribution in [-0.4, -0.2) is 29.4 Å². The zero-order valence-electron chi connectivity index (χ0n) is 14.3. The van der Waals surface area contributed by atoms with Crippen molar-refractivity contribution in [1.82, 2.24) is 20.4 Å². The zero-order chi connectivity index (χ0) is 16.7. The predicted octanol–water partition coefficient (Wildman–Crippen LogP) is 1.99. The highest BCUT2D eigenvalue weighted by atomic mass is 16.5. The lowest BCUT2D eigenvalue weighted by Gasteiger charge is -2.13. The van der Waals surface area contributed by atoms with Gasteiger partial charge in [0, 0.05) is 37.5 Å². The van der Waals surface area contributed by atoms with Gasteiger partial charge in [-0.3, -0.25) is 4.68 Å². The van der Waals surface area contributed by atoms with Gasteiger partial charge in [-0.05, 0) is 25.5 Å². The third-order valence-electron chi connectivity index (χ3n) is 3.41. The molecule has 23 heavy (non-hydrogen) atoms. The van der Waals surface area contributed by atoms with Crippen molar-refractivity contribution in [3.63, 3.8) is 0 Å². The predicted molar refractivity (Wildman–Crippen MR) is 92.6 cm³/mol. The Morgan fingerprint density at radius 1 is 1.35 bits per heavy atom. The molecular weight excluding hydrogens is 290 g/mol. The third-order valence-corrected chi connectivity index (χ3v) is 3.41. The average molecular weight is 315 g/mol. The molecule has 0 radical (unpaired) electrons. The van der Waals surface area contributed by atoms with E-state index in [1.54, 1.807) is 11.8 Å². The van der Waals surface area contributed by atoms with Crippen molar-refractivity contribution < 1.29 is 4.74 Å². The van der Waals surface area contributed by atoms with E-state index in [1.807, 2.05) is 32.4 Å². The normalized spacial score (nSPS) is 11.4. The van der Waals surface area contributed by atoms with Crippen LogP contribution in [0.2, 0.25) is 0 Å². The second-order valence-corrected chi connectivity index (χ2v) is 5.39. The Morgan fingerprint density at radius 3 is 2.83 bits per heavy atom. The molecule has 0 fully saturated rings. The van der Waals surface area contributed by atoms with E-state index in [1.165, 1.54) is 5.56 Å². The molecule has 2 N–H and O–H groups in total. The maximum atomic E-state index is 5.44. The van der Waals surface area contributed by atoms with Crippen LogP contribution < -0.4 is 15.4 Å². The largest absolute Gasteiger partial charge is 0.496 e. The quantitative estimate of drug-likeness (QED) is 0.632. The minimum absolute atomic E-state index is 0.591. The maximum absolute atomic E-state index is 5.44. The Hall–Kier alpha value is -2.50. The molecule has 0 aliphatic carbocycles. The molecule has 1 heterocycles. The molecule has 0 aliphatic rings. The number of ether oxygens (including phenoxy) is 1. The van der Waals surface area contributed by atoms with Crippen LogP contribution in [-0.2, 0) is 20.1 Å². The molecule has 0 spiro atoms. The van der Waals surface area contributed by atoms with Gasteiger partial charge >= 0.3 is 0 Å². The minimum atomic E-state index is 0.591. The summed E-state index contributed by atoms with van der Waals surface area (Å²) in [6, 6.07) is 6.20. The van der Waals surface area contributed by atoms with Crippen molar-refractivity contribution in [2.24, 2.45) is 12.0 Å². The van der Waals surface area contributed by atoms with Crippen molar-refractivity contribution >= 4 is 5.96 Å². The summed E-state index contributed by atoms with van der Waals surface area (Å²) in [5.74, 6) is 1.67. The number of rotatable bonds is 6. The summed E-state index contributed by atoms with van der Waals surface area (Å²) in [5, 5.41) is 10.7. The van der Waals surface area contributed by atoms with Gasteiger partial charge in [-0.15, -0.1) is 0 Å². The van der Waals surface area contributed by atoms with Gasteiger partial charge in [0.1, 0.15) is 5.75 Å². The van der Waals surface area contributed by atoms with Crippen LogP contribution in [0.1, 0.15) is 23.6 Å². The molecule has 0 unspecified atom stereocenters. The number of benzene rings is 1. The number of nitrogens with zero attached hydrogens (tertiary/aromatic N) is 3. The molecule has 0 saturated heterocycles. The highest BCUT2D eigenvalue weighted by Gasteiger charge is 2.05. The zero-order valence-corrected chi connectivity index (χ0v) is 14.3. The van der Waals surface area contributed by atoms with E-state index in [0.29, 0.717) is 13.1 Å². The molecule has 2 rings (SSSR count). The topological polar surface area (TPSA) is 63.5 Å². The third kappa shape index (κ3) is 5.02. The van der Waals surface area contributed by atoms with Crippen molar-refractivity contribution in [2.75, 3.05) is 13.7 Å². The first-order valence-electron chi connectivity index (χ1n) is 7.75. The van der Waals surface area contributed by atoms with E-state index in [9.17, 15) is 0 Å². The smallest absolute Gasteiger partial charge is 0.191 e. The Balaban J connectivity index is 2.01. The van der Waals surface area contributed by atoms with Crippen LogP contribution in [0, 0.1) is 6.92 Å². The van der Waals surface area contributed by atoms with Crippen molar-refractivity contribution in [3.8, 4) is 5.75 Å². The Kier molecular flexibility index (Phi) is 6.02. The SMILES string of the molecule is CCNC(=NCc1cnn(C)c1)NCc1ccc(C)cc1OC. The number of hydrogen-bond donors (Lipinski definition) is 2. The lowest BCUT2D eigenvalue weighted by molar-refractivity contribution is 0.408. The van der Waals surface area contributed by atoms with Crippen molar-refractivity contribution in [3.05, 3.63) is 47.3 Å². The Bertz CT molecular complexity index is 663. The number of aliphatic imine (C=N–C) groups is 1. The molecule has 2 aromatic rings. The summed E-state index contributed by atoms with van der Waals surface area (Å²) in [7, 11) is 3.60. The molecule has 0 aliphatic heterocycles. The molecule has 0 bridgehead atoms. The maximum Gasteiger partial charge on any atom is 0.191 e. The number of aryl methyl sites for hydroxylation is 2.